The monoisotopic (exact) mass is 286 g/mol. The van der Waals surface area contributed by atoms with Gasteiger partial charge in [0.05, 0.1) is 26.3 Å². The average Bonchev–Trinajstić information content (AvgIpc) is 2.81. The lowest BCUT2D eigenvalue weighted by Crippen LogP contribution is -2.14. The highest BCUT2D eigenvalue weighted by atomic mass is 32.2. The van der Waals surface area contributed by atoms with E-state index in [4.69, 9.17) is 0 Å². The predicted octanol–water partition coefficient (Wildman–Crippen LogP) is 3.02. The van der Waals surface area contributed by atoms with Crippen LogP contribution in [0.25, 0.3) is 0 Å². The van der Waals surface area contributed by atoms with Crippen molar-refractivity contribution >= 4 is 27.9 Å². The van der Waals surface area contributed by atoms with E-state index >= 15 is 0 Å². The SMILES string of the molecule is O=C(CS(=O)c1cccs1)c1c(F)cccc1F. The van der Waals surface area contributed by atoms with Crippen LogP contribution in [0.3, 0.4) is 0 Å². The Balaban J connectivity index is 2.20. The van der Waals surface area contributed by atoms with Gasteiger partial charge in [-0.2, -0.15) is 0 Å². The summed E-state index contributed by atoms with van der Waals surface area (Å²) in [5.74, 6) is -3.07. The largest absolute Gasteiger partial charge is 0.293 e. The Bertz CT molecular complexity index is 574. The number of carbonyl (C=O) groups is 1. The lowest BCUT2D eigenvalue weighted by Gasteiger charge is -2.03. The summed E-state index contributed by atoms with van der Waals surface area (Å²) in [5.41, 5.74) is -0.623. The normalized spacial score (nSPS) is 12.3. The fourth-order valence-electron chi connectivity index (χ4n) is 1.42. The van der Waals surface area contributed by atoms with E-state index in [0.29, 0.717) is 4.21 Å². The van der Waals surface area contributed by atoms with Crippen molar-refractivity contribution < 1.29 is 17.8 Å². The summed E-state index contributed by atoms with van der Waals surface area (Å²) in [7, 11) is -1.56. The summed E-state index contributed by atoms with van der Waals surface area (Å²) in [5, 5.41) is 1.72. The van der Waals surface area contributed by atoms with E-state index in [0.717, 1.165) is 12.1 Å². The average molecular weight is 286 g/mol. The fourth-order valence-corrected chi connectivity index (χ4v) is 3.40. The number of hydrogen-bond acceptors (Lipinski definition) is 3. The number of Topliss-reactive ketones (excluding diaryl/α,β-unsaturated/α-hetero) is 1. The first-order valence-electron chi connectivity index (χ1n) is 4.98. The van der Waals surface area contributed by atoms with Gasteiger partial charge in [0.15, 0.2) is 5.78 Å². The van der Waals surface area contributed by atoms with Gasteiger partial charge in [-0.05, 0) is 23.6 Å². The molecule has 0 spiro atoms. The van der Waals surface area contributed by atoms with Crippen LogP contribution in [0.4, 0.5) is 8.78 Å². The van der Waals surface area contributed by atoms with Gasteiger partial charge in [0, 0.05) is 0 Å². The highest BCUT2D eigenvalue weighted by Crippen LogP contribution is 2.17. The van der Waals surface area contributed by atoms with Crippen LogP contribution in [-0.4, -0.2) is 15.7 Å². The van der Waals surface area contributed by atoms with E-state index in [9.17, 15) is 17.8 Å². The van der Waals surface area contributed by atoms with Crippen molar-refractivity contribution in [1.29, 1.82) is 0 Å². The molecule has 1 heterocycles. The van der Waals surface area contributed by atoms with Crippen molar-refractivity contribution in [1.82, 2.24) is 0 Å². The Morgan fingerprint density at radius 2 is 1.83 bits per heavy atom. The van der Waals surface area contributed by atoms with Crippen LogP contribution in [-0.2, 0) is 10.8 Å². The molecule has 1 unspecified atom stereocenters. The first-order valence-corrected chi connectivity index (χ1v) is 7.18. The predicted molar refractivity (Wildman–Crippen MR) is 66.3 cm³/mol. The van der Waals surface area contributed by atoms with Gasteiger partial charge in [-0.3, -0.25) is 9.00 Å². The molecule has 0 bridgehead atoms. The first kappa shape index (κ1) is 13.0. The molecule has 18 heavy (non-hydrogen) atoms. The molecule has 2 nitrogen and oxygen atoms in total. The van der Waals surface area contributed by atoms with Gasteiger partial charge in [0.2, 0.25) is 0 Å². The Hall–Kier alpha value is -1.40. The molecule has 0 amide bonds. The maximum atomic E-state index is 13.3. The summed E-state index contributed by atoms with van der Waals surface area (Å²) in [6, 6.07) is 6.50. The topological polar surface area (TPSA) is 34.1 Å². The third-order valence-electron chi connectivity index (χ3n) is 2.22. The van der Waals surface area contributed by atoms with E-state index < -0.39 is 39.5 Å². The van der Waals surface area contributed by atoms with Crippen molar-refractivity contribution in [2.45, 2.75) is 4.21 Å². The molecule has 1 aromatic carbocycles. The zero-order chi connectivity index (χ0) is 13.1. The van der Waals surface area contributed by atoms with Gasteiger partial charge < -0.3 is 0 Å². The third-order valence-corrected chi connectivity index (χ3v) is 4.84. The van der Waals surface area contributed by atoms with Crippen molar-refractivity contribution in [2.24, 2.45) is 0 Å². The molecule has 0 N–H and O–H groups in total. The minimum atomic E-state index is -1.56. The Morgan fingerprint density at radius 1 is 1.17 bits per heavy atom. The summed E-state index contributed by atoms with van der Waals surface area (Å²) in [4.78, 5) is 11.7. The van der Waals surface area contributed by atoms with Gasteiger partial charge >= 0.3 is 0 Å². The lowest BCUT2D eigenvalue weighted by molar-refractivity contribution is 0.101. The zero-order valence-corrected chi connectivity index (χ0v) is 10.7. The Labute approximate surface area is 109 Å². The summed E-state index contributed by atoms with van der Waals surface area (Å²) >= 11 is 1.24. The van der Waals surface area contributed by atoms with E-state index in [-0.39, 0.29) is 0 Å². The molecular weight excluding hydrogens is 278 g/mol. The number of benzene rings is 1. The van der Waals surface area contributed by atoms with E-state index in [2.05, 4.69) is 0 Å². The molecule has 6 heteroatoms. The van der Waals surface area contributed by atoms with E-state index in [1.807, 2.05) is 0 Å². The van der Waals surface area contributed by atoms with Crippen LogP contribution < -0.4 is 0 Å². The van der Waals surface area contributed by atoms with Crippen LogP contribution in [0.1, 0.15) is 10.4 Å². The van der Waals surface area contributed by atoms with Crippen LogP contribution in [0.5, 0.6) is 0 Å². The number of halogens is 2. The summed E-state index contributed by atoms with van der Waals surface area (Å²) in [6.45, 7) is 0. The Morgan fingerprint density at radius 3 is 2.39 bits per heavy atom. The van der Waals surface area contributed by atoms with E-state index in [1.165, 1.54) is 17.4 Å². The first-order chi connectivity index (χ1) is 8.59. The second kappa shape index (κ2) is 5.49. The zero-order valence-electron chi connectivity index (χ0n) is 9.06. The van der Waals surface area contributed by atoms with Gasteiger partial charge in [0.1, 0.15) is 11.6 Å². The second-order valence-electron chi connectivity index (χ2n) is 3.44. The molecule has 0 radical (unpaired) electrons. The van der Waals surface area contributed by atoms with Crippen molar-refractivity contribution in [2.75, 3.05) is 5.75 Å². The van der Waals surface area contributed by atoms with Crippen molar-refractivity contribution in [3.63, 3.8) is 0 Å². The van der Waals surface area contributed by atoms with Gasteiger partial charge in [-0.15, -0.1) is 11.3 Å². The molecule has 0 fully saturated rings. The summed E-state index contributed by atoms with van der Waals surface area (Å²) < 4.78 is 39.0. The lowest BCUT2D eigenvalue weighted by atomic mass is 10.1. The standard InChI is InChI=1S/C12H8F2O2S2/c13-8-3-1-4-9(14)12(8)10(15)7-18(16)11-5-2-6-17-11/h1-6H,7H2. The number of carbonyl (C=O) groups excluding carboxylic acids is 1. The number of hydrogen-bond donors (Lipinski definition) is 0. The molecule has 0 aliphatic carbocycles. The Kier molecular flexibility index (Phi) is 3.98. The minimum Gasteiger partial charge on any atom is -0.293 e. The molecule has 1 atom stereocenters. The minimum absolute atomic E-state index is 0.418. The molecule has 0 aliphatic heterocycles. The van der Waals surface area contributed by atoms with Crippen LogP contribution >= 0.6 is 11.3 Å². The quantitative estimate of drug-likeness (QED) is 0.810. The smallest absolute Gasteiger partial charge is 0.181 e. The molecule has 2 rings (SSSR count). The van der Waals surface area contributed by atoms with Crippen LogP contribution in [0.15, 0.2) is 39.9 Å². The second-order valence-corrected chi connectivity index (χ2v) is 6.07. The third kappa shape index (κ3) is 2.70. The molecule has 94 valence electrons. The van der Waals surface area contributed by atoms with Gasteiger partial charge in [0.25, 0.3) is 0 Å². The van der Waals surface area contributed by atoms with Gasteiger partial charge in [-0.1, -0.05) is 12.1 Å². The summed E-state index contributed by atoms with van der Waals surface area (Å²) in [6.07, 6.45) is 0. The molecule has 1 aromatic heterocycles. The number of rotatable bonds is 4. The fraction of sp³-hybridized carbons (Fsp3) is 0.0833. The highest BCUT2D eigenvalue weighted by Gasteiger charge is 2.20. The molecule has 2 aromatic rings. The van der Waals surface area contributed by atoms with Crippen molar-refractivity contribution in [3.8, 4) is 0 Å². The molecule has 0 saturated carbocycles. The molecule has 0 aliphatic rings. The van der Waals surface area contributed by atoms with E-state index in [1.54, 1.807) is 17.5 Å². The van der Waals surface area contributed by atoms with Gasteiger partial charge in [-0.25, -0.2) is 8.78 Å². The maximum Gasteiger partial charge on any atom is 0.181 e. The maximum absolute atomic E-state index is 13.3. The van der Waals surface area contributed by atoms with Crippen molar-refractivity contribution in [3.05, 3.63) is 52.9 Å². The van der Waals surface area contributed by atoms with Crippen LogP contribution in [0.2, 0.25) is 0 Å². The molecular formula is C12H8F2O2S2. The number of ketones is 1. The molecule has 0 saturated heterocycles. The highest BCUT2D eigenvalue weighted by molar-refractivity contribution is 7.88. The number of thiophene rings is 1. The van der Waals surface area contributed by atoms with Crippen LogP contribution in [0, 0.1) is 11.6 Å².